The predicted octanol–water partition coefficient (Wildman–Crippen LogP) is 1.61. The van der Waals surface area contributed by atoms with Crippen molar-refractivity contribution < 1.29 is 4.74 Å². The van der Waals surface area contributed by atoms with Crippen molar-refractivity contribution in [2.24, 2.45) is 5.73 Å². The van der Waals surface area contributed by atoms with Gasteiger partial charge in [0.15, 0.2) is 0 Å². The number of halogens is 1. The van der Waals surface area contributed by atoms with E-state index in [2.05, 4.69) is 26.9 Å². The molecule has 0 spiro atoms. The number of anilines is 1. The van der Waals surface area contributed by atoms with E-state index in [1.165, 1.54) is 0 Å². The van der Waals surface area contributed by atoms with Crippen LogP contribution < -0.4 is 15.4 Å². The highest BCUT2D eigenvalue weighted by Crippen LogP contribution is 2.33. The maximum atomic E-state index is 5.56. The summed E-state index contributed by atoms with van der Waals surface area (Å²) in [6.45, 7) is 3.22. The Morgan fingerprint density at radius 3 is 3.14 bits per heavy atom. The van der Waals surface area contributed by atoms with E-state index in [0.29, 0.717) is 6.54 Å². The van der Waals surface area contributed by atoms with Crippen LogP contribution in [0.3, 0.4) is 0 Å². The second kappa shape index (κ2) is 4.19. The molecule has 0 saturated carbocycles. The molecule has 0 saturated heterocycles. The van der Waals surface area contributed by atoms with E-state index >= 15 is 0 Å². The minimum absolute atomic E-state index is 0.673. The molecule has 14 heavy (non-hydrogen) atoms. The summed E-state index contributed by atoms with van der Waals surface area (Å²) in [4.78, 5) is 2.25. The first-order valence-electron chi connectivity index (χ1n) is 4.68. The molecular formula is C10H13BrN2O. The molecule has 0 fully saturated rings. The lowest BCUT2D eigenvalue weighted by Gasteiger charge is -2.30. The van der Waals surface area contributed by atoms with Crippen LogP contribution in [-0.2, 0) is 0 Å². The molecule has 0 aromatic heterocycles. The van der Waals surface area contributed by atoms with Crippen LogP contribution in [0.1, 0.15) is 0 Å². The highest BCUT2D eigenvalue weighted by atomic mass is 79.9. The number of fused-ring (bicyclic) bond motifs is 1. The first kappa shape index (κ1) is 9.80. The monoisotopic (exact) mass is 256 g/mol. The van der Waals surface area contributed by atoms with E-state index in [4.69, 9.17) is 10.5 Å². The SMILES string of the molecule is NCCN1CCOc2ccc(Br)cc21. The summed E-state index contributed by atoms with van der Waals surface area (Å²) in [5, 5.41) is 0. The fraction of sp³-hybridized carbons (Fsp3) is 0.400. The second-order valence-corrected chi connectivity index (χ2v) is 4.15. The van der Waals surface area contributed by atoms with Crippen molar-refractivity contribution in [1.29, 1.82) is 0 Å². The minimum Gasteiger partial charge on any atom is -0.490 e. The van der Waals surface area contributed by atoms with E-state index in [-0.39, 0.29) is 0 Å². The summed E-state index contributed by atoms with van der Waals surface area (Å²) < 4.78 is 6.62. The van der Waals surface area contributed by atoms with E-state index in [9.17, 15) is 0 Å². The number of rotatable bonds is 2. The first-order valence-corrected chi connectivity index (χ1v) is 5.48. The van der Waals surface area contributed by atoms with Gasteiger partial charge >= 0.3 is 0 Å². The van der Waals surface area contributed by atoms with Gasteiger partial charge in [-0.2, -0.15) is 0 Å². The Hall–Kier alpha value is -0.740. The van der Waals surface area contributed by atoms with Gasteiger partial charge in [-0.25, -0.2) is 0 Å². The fourth-order valence-electron chi connectivity index (χ4n) is 1.63. The van der Waals surface area contributed by atoms with Crippen molar-refractivity contribution in [3.05, 3.63) is 22.7 Å². The van der Waals surface area contributed by atoms with E-state index in [0.717, 1.165) is 35.6 Å². The van der Waals surface area contributed by atoms with Gasteiger partial charge in [0.05, 0.1) is 12.2 Å². The maximum absolute atomic E-state index is 5.56. The fourth-order valence-corrected chi connectivity index (χ4v) is 1.98. The Labute approximate surface area is 92.0 Å². The molecule has 1 aliphatic rings. The smallest absolute Gasteiger partial charge is 0.142 e. The van der Waals surface area contributed by atoms with Crippen LogP contribution in [0.15, 0.2) is 22.7 Å². The van der Waals surface area contributed by atoms with Gasteiger partial charge in [-0.05, 0) is 18.2 Å². The normalized spacial score (nSPS) is 14.9. The van der Waals surface area contributed by atoms with Gasteiger partial charge in [0.25, 0.3) is 0 Å². The molecule has 3 nitrogen and oxygen atoms in total. The summed E-state index contributed by atoms with van der Waals surface area (Å²) >= 11 is 3.46. The average Bonchev–Trinajstić information content (AvgIpc) is 2.19. The Kier molecular flexibility index (Phi) is 2.93. The second-order valence-electron chi connectivity index (χ2n) is 3.24. The number of nitrogens with zero attached hydrogens (tertiary/aromatic N) is 1. The van der Waals surface area contributed by atoms with Crippen molar-refractivity contribution in [2.45, 2.75) is 0 Å². The molecule has 1 aromatic rings. The Bertz CT molecular complexity index is 330. The standard InChI is InChI=1S/C10H13BrN2O/c11-8-1-2-10-9(7-8)13(4-3-12)5-6-14-10/h1-2,7H,3-6,12H2. The van der Waals surface area contributed by atoms with Gasteiger partial charge in [-0.15, -0.1) is 0 Å². The van der Waals surface area contributed by atoms with Crippen LogP contribution in [0.5, 0.6) is 5.75 Å². The highest BCUT2D eigenvalue weighted by Gasteiger charge is 2.16. The molecule has 0 aliphatic carbocycles. The molecule has 1 heterocycles. The van der Waals surface area contributed by atoms with Gasteiger partial charge in [0.2, 0.25) is 0 Å². The molecule has 0 unspecified atom stereocenters. The van der Waals surface area contributed by atoms with Crippen LogP contribution in [0, 0.1) is 0 Å². The quantitative estimate of drug-likeness (QED) is 0.874. The van der Waals surface area contributed by atoms with Gasteiger partial charge in [0, 0.05) is 17.6 Å². The number of hydrogen-bond acceptors (Lipinski definition) is 3. The van der Waals surface area contributed by atoms with Crippen LogP contribution in [0.4, 0.5) is 5.69 Å². The third-order valence-corrected chi connectivity index (χ3v) is 2.77. The van der Waals surface area contributed by atoms with Crippen molar-refractivity contribution in [3.8, 4) is 5.75 Å². The van der Waals surface area contributed by atoms with Gasteiger partial charge in [0.1, 0.15) is 12.4 Å². The molecular weight excluding hydrogens is 244 g/mol. The number of hydrogen-bond donors (Lipinski definition) is 1. The largest absolute Gasteiger partial charge is 0.490 e. The summed E-state index contributed by atoms with van der Waals surface area (Å²) in [6, 6.07) is 6.05. The molecule has 0 bridgehead atoms. The van der Waals surface area contributed by atoms with Crippen LogP contribution >= 0.6 is 15.9 Å². The number of benzene rings is 1. The third-order valence-electron chi connectivity index (χ3n) is 2.28. The lowest BCUT2D eigenvalue weighted by molar-refractivity contribution is 0.308. The summed E-state index contributed by atoms with van der Waals surface area (Å²) in [5.74, 6) is 0.952. The van der Waals surface area contributed by atoms with E-state index < -0.39 is 0 Å². The van der Waals surface area contributed by atoms with Gasteiger partial charge < -0.3 is 15.4 Å². The summed E-state index contributed by atoms with van der Waals surface area (Å²) in [5.41, 5.74) is 6.70. The van der Waals surface area contributed by atoms with Crippen LogP contribution in [-0.4, -0.2) is 26.2 Å². The topological polar surface area (TPSA) is 38.5 Å². The van der Waals surface area contributed by atoms with Crippen LogP contribution in [0.2, 0.25) is 0 Å². The Balaban J connectivity index is 2.32. The van der Waals surface area contributed by atoms with Crippen molar-refractivity contribution in [3.63, 3.8) is 0 Å². The zero-order valence-corrected chi connectivity index (χ0v) is 9.46. The number of nitrogens with two attached hydrogens (primary N) is 1. The molecule has 1 aromatic carbocycles. The molecule has 4 heteroatoms. The number of ether oxygens (including phenoxy) is 1. The summed E-state index contributed by atoms with van der Waals surface area (Å²) in [6.07, 6.45) is 0. The van der Waals surface area contributed by atoms with Crippen molar-refractivity contribution in [1.82, 2.24) is 0 Å². The predicted molar refractivity (Wildman–Crippen MR) is 60.9 cm³/mol. The Morgan fingerprint density at radius 2 is 2.36 bits per heavy atom. The molecule has 2 N–H and O–H groups in total. The molecule has 76 valence electrons. The van der Waals surface area contributed by atoms with Crippen molar-refractivity contribution >= 4 is 21.6 Å². The molecule has 1 aliphatic heterocycles. The lowest BCUT2D eigenvalue weighted by atomic mass is 10.2. The maximum Gasteiger partial charge on any atom is 0.142 e. The van der Waals surface area contributed by atoms with E-state index in [1.807, 2.05) is 12.1 Å². The first-order chi connectivity index (χ1) is 6.81. The molecule has 0 radical (unpaired) electrons. The third kappa shape index (κ3) is 1.86. The lowest BCUT2D eigenvalue weighted by Crippen LogP contribution is -2.36. The van der Waals surface area contributed by atoms with E-state index in [1.54, 1.807) is 0 Å². The van der Waals surface area contributed by atoms with Gasteiger partial charge in [-0.3, -0.25) is 0 Å². The average molecular weight is 257 g/mol. The zero-order chi connectivity index (χ0) is 9.97. The zero-order valence-electron chi connectivity index (χ0n) is 7.87. The minimum atomic E-state index is 0.673. The van der Waals surface area contributed by atoms with Crippen LogP contribution in [0.25, 0.3) is 0 Å². The molecule has 2 rings (SSSR count). The van der Waals surface area contributed by atoms with Gasteiger partial charge in [-0.1, -0.05) is 15.9 Å². The Morgan fingerprint density at radius 1 is 1.50 bits per heavy atom. The van der Waals surface area contributed by atoms with Crippen molar-refractivity contribution in [2.75, 3.05) is 31.1 Å². The molecule has 0 atom stereocenters. The highest BCUT2D eigenvalue weighted by molar-refractivity contribution is 9.10. The summed E-state index contributed by atoms with van der Waals surface area (Å²) in [7, 11) is 0. The molecule has 0 amide bonds.